The molecule has 0 saturated carbocycles. The van der Waals surface area contributed by atoms with Crippen molar-refractivity contribution in [2.45, 2.75) is 32.6 Å². The SMILES string of the molecule is CCC(CCN)CCC(=O)c1ccnn1C. The van der Waals surface area contributed by atoms with E-state index >= 15 is 0 Å². The first kappa shape index (κ1) is 12.9. The van der Waals surface area contributed by atoms with Crippen LogP contribution in [0.3, 0.4) is 0 Å². The fraction of sp³-hybridized carbons (Fsp3) is 0.667. The number of ketones is 1. The van der Waals surface area contributed by atoms with E-state index in [0.29, 0.717) is 24.6 Å². The first-order valence-electron chi connectivity index (χ1n) is 5.90. The zero-order chi connectivity index (χ0) is 12.0. The molecule has 4 nitrogen and oxygen atoms in total. The minimum Gasteiger partial charge on any atom is -0.330 e. The van der Waals surface area contributed by atoms with Crippen molar-refractivity contribution in [1.82, 2.24) is 9.78 Å². The molecule has 0 aliphatic carbocycles. The first-order valence-corrected chi connectivity index (χ1v) is 5.90. The van der Waals surface area contributed by atoms with Gasteiger partial charge in [0, 0.05) is 19.7 Å². The highest BCUT2D eigenvalue weighted by Crippen LogP contribution is 2.16. The molecule has 90 valence electrons. The third-order valence-electron chi connectivity index (χ3n) is 3.04. The molecule has 1 unspecified atom stereocenters. The summed E-state index contributed by atoms with van der Waals surface area (Å²) in [5, 5.41) is 4.00. The van der Waals surface area contributed by atoms with E-state index in [1.54, 1.807) is 24.0 Å². The van der Waals surface area contributed by atoms with Crippen molar-refractivity contribution in [3.63, 3.8) is 0 Å². The summed E-state index contributed by atoms with van der Waals surface area (Å²) in [6.07, 6.45) is 5.28. The lowest BCUT2D eigenvalue weighted by atomic mass is 9.95. The molecule has 0 aliphatic heterocycles. The molecule has 0 aromatic carbocycles. The maximum Gasteiger partial charge on any atom is 0.180 e. The largest absolute Gasteiger partial charge is 0.330 e. The highest BCUT2D eigenvalue weighted by molar-refractivity contribution is 5.94. The quantitative estimate of drug-likeness (QED) is 0.716. The smallest absolute Gasteiger partial charge is 0.180 e. The molecule has 1 aromatic rings. The van der Waals surface area contributed by atoms with Crippen molar-refractivity contribution in [3.8, 4) is 0 Å². The molecule has 0 bridgehead atoms. The lowest BCUT2D eigenvalue weighted by Gasteiger charge is -2.12. The molecular formula is C12H21N3O. The summed E-state index contributed by atoms with van der Waals surface area (Å²) in [5.74, 6) is 0.748. The van der Waals surface area contributed by atoms with Gasteiger partial charge in [-0.05, 0) is 31.4 Å². The summed E-state index contributed by atoms with van der Waals surface area (Å²) in [5.41, 5.74) is 6.23. The Morgan fingerprint density at radius 1 is 1.56 bits per heavy atom. The number of carbonyl (C=O) groups excluding carboxylic acids is 1. The summed E-state index contributed by atoms with van der Waals surface area (Å²) < 4.78 is 1.63. The lowest BCUT2D eigenvalue weighted by Crippen LogP contribution is -2.12. The minimum absolute atomic E-state index is 0.176. The highest BCUT2D eigenvalue weighted by atomic mass is 16.1. The van der Waals surface area contributed by atoms with Crippen LogP contribution in [0.2, 0.25) is 0 Å². The number of hydrogen-bond donors (Lipinski definition) is 1. The highest BCUT2D eigenvalue weighted by Gasteiger charge is 2.12. The van der Waals surface area contributed by atoms with Gasteiger partial charge in [-0.15, -0.1) is 0 Å². The van der Waals surface area contributed by atoms with Crippen LogP contribution in [-0.2, 0) is 7.05 Å². The number of rotatable bonds is 7. The molecule has 2 N–H and O–H groups in total. The fourth-order valence-corrected chi connectivity index (χ4v) is 1.90. The Morgan fingerprint density at radius 3 is 2.81 bits per heavy atom. The Balaban J connectivity index is 2.43. The summed E-state index contributed by atoms with van der Waals surface area (Å²) in [6.45, 7) is 2.85. The van der Waals surface area contributed by atoms with Crippen molar-refractivity contribution < 1.29 is 4.79 Å². The van der Waals surface area contributed by atoms with Crippen molar-refractivity contribution in [2.75, 3.05) is 6.54 Å². The van der Waals surface area contributed by atoms with Crippen LogP contribution < -0.4 is 5.73 Å². The van der Waals surface area contributed by atoms with Gasteiger partial charge in [0.05, 0.1) is 0 Å². The molecule has 1 atom stereocenters. The Labute approximate surface area is 96.8 Å². The van der Waals surface area contributed by atoms with Crippen LogP contribution in [0.1, 0.15) is 43.1 Å². The van der Waals surface area contributed by atoms with Crippen LogP contribution in [-0.4, -0.2) is 22.1 Å². The molecule has 1 heterocycles. The van der Waals surface area contributed by atoms with E-state index in [0.717, 1.165) is 19.3 Å². The predicted molar refractivity (Wildman–Crippen MR) is 64.2 cm³/mol. The minimum atomic E-state index is 0.176. The first-order chi connectivity index (χ1) is 7.69. The van der Waals surface area contributed by atoms with Crippen molar-refractivity contribution in [1.29, 1.82) is 0 Å². The zero-order valence-electron chi connectivity index (χ0n) is 10.1. The van der Waals surface area contributed by atoms with E-state index in [9.17, 15) is 4.79 Å². The van der Waals surface area contributed by atoms with Crippen LogP contribution >= 0.6 is 0 Å². The predicted octanol–water partition coefficient (Wildman–Crippen LogP) is 1.76. The van der Waals surface area contributed by atoms with E-state index in [1.165, 1.54) is 0 Å². The van der Waals surface area contributed by atoms with Gasteiger partial charge in [0.2, 0.25) is 0 Å². The fourth-order valence-electron chi connectivity index (χ4n) is 1.90. The molecule has 1 rings (SSSR count). The molecule has 0 radical (unpaired) electrons. The van der Waals surface area contributed by atoms with Gasteiger partial charge in [0.1, 0.15) is 5.69 Å². The lowest BCUT2D eigenvalue weighted by molar-refractivity contribution is 0.0963. The zero-order valence-corrected chi connectivity index (χ0v) is 10.1. The van der Waals surface area contributed by atoms with Crippen molar-refractivity contribution >= 4 is 5.78 Å². The number of aromatic nitrogens is 2. The number of aryl methyl sites for hydroxylation is 1. The third kappa shape index (κ3) is 3.45. The summed E-state index contributed by atoms with van der Waals surface area (Å²) in [7, 11) is 1.80. The molecular weight excluding hydrogens is 202 g/mol. The maximum absolute atomic E-state index is 11.9. The third-order valence-corrected chi connectivity index (χ3v) is 3.04. The van der Waals surface area contributed by atoms with Crippen LogP contribution in [0, 0.1) is 5.92 Å². The second kappa shape index (κ2) is 6.43. The Kier molecular flexibility index (Phi) is 5.19. The second-order valence-corrected chi connectivity index (χ2v) is 4.15. The summed E-state index contributed by atoms with van der Waals surface area (Å²) in [4.78, 5) is 11.9. The van der Waals surface area contributed by atoms with Crippen LogP contribution in [0.4, 0.5) is 0 Å². The Morgan fingerprint density at radius 2 is 2.31 bits per heavy atom. The normalized spacial score (nSPS) is 12.7. The van der Waals surface area contributed by atoms with Crippen molar-refractivity contribution in [2.24, 2.45) is 18.7 Å². The van der Waals surface area contributed by atoms with Gasteiger partial charge in [-0.3, -0.25) is 9.48 Å². The van der Waals surface area contributed by atoms with E-state index in [2.05, 4.69) is 12.0 Å². The van der Waals surface area contributed by atoms with Gasteiger partial charge in [-0.25, -0.2) is 0 Å². The molecule has 0 aliphatic rings. The van der Waals surface area contributed by atoms with E-state index in [-0.39, 0.29) is 5.78 Å². The second-order valence-electron chi connectivity index (χ2n) is 4.15. The van der Waals surface area contributed by atoms with E-state index in [4.69, 9.17) is 5.73 Å². The maximum atomic E-state index is 11.9. The van der Waals surface area contributed by atoms with Gasteiger partial charge >= 0.3 is 0 Å². The average molecular weight is 223 g/mol. The summed E-state index contributed by atoms with van der Waals surface area (Å²) >= 11 is 0. The van der Waals surface area contributed by atoms with Crippen LogP contribution in [0.15, 0.2) is 12.3 Å². The average Bonchev–Trinajstić information content (AvgIpc) is 2.70. The molecule has 0 saturated heterocycles. The van der Waals surface area contributed by atoms with Crippen LogP contribution in [0.5, 0.6) is 0 Å². The van der Waals surface area contributed by atoms with Gasteiger partial charge in [0.15, 0.2) is 5.78 Å². The van der Waals surface area contributed by atoms with Gasteiger partial charge < -0.3 is 5.73 Å². The Hall–Kier alpha value is -1.16. The number of carbonyl (C=O) groups is 1. The summed E-state index contributed by atoms with van der Waals surface area (Å²) in [6, 6.07) is 1.77. The topological polar surface area (TPSA) is 60.9 Å². The van der Waals surface area contributed by atoms with Crippen molar-refractivity contribution in [3.05, 3.63) is 18.0 Å². The standard InChI is InChI=1S/C12H21N3O/c1-3-10(6-8-13)4-5-12(16)11-7-9-14-15(11)2/h7,9-10H,3-6,8,13H2,1-2H3. The monoisotopic (exact) mass is 223 g/mol. The number of nitrogens with zero attached hydrogens (tertiary/aromatic N) is 2. The van der Waals surface area contributed by atoms with Gasteiger partial charge in [-0.2, -0.15) is 5.10 Å². The van der Waals surface area contributed by atoms with E-state index < -0.39 is 0 Å². The number of nitrogens with two attached hydrogens (primary N) is 1. The Bertz CT molecular complexity index is 333. The molecule has 1 aromatic heterocycles. The van der Waals surface area contributed by atoms with Crippen LogP contribution in [0.25, 0.3) is 0 Å². The van der Waals surface area contributed by atoms with E-state index in [1.807, 2.05) is 0 Å². The molecule has 0 fully saturated rings. The molecule has 16 heavy (non-hydrogen) atoms. The van der Waals surface area contributed by atoms with Gasteiger partial charge in [0.25, 0.3) is 0 Å². The molecule has 4 heteroatoms. The molecule has 0 spiro atoms. The number of hydrogen-bond acceptors (Lipinski definition) is 3. The van der Waals surface area contributed by atoms with Gasteiger partial charge in [-0.1, -0.05) is 13.3 Å². The number of Topliss-reactive ketones (excluding diaryl/α,β-unsaturated/α-hetero) is 1. The molecule has 0 amide bonds.